The van der Waals surface area contributed by atoms with Crippen LogP contribution in [0.15, 0.2) is 0 Å². The first-order valence-electron chi connectivity index (χ1n) is 8.13. The predicted molar refractivity (Wildman–Crippen MR) is 76.6 cm³/mol. The molecule has 3 heteroatoms. The maximum atomic E-state index is 12.8. The molecule has 3 rings (SSSR count). The molecule has 2 N–H and O–H groups in total. The average molecular weight is 264 g/mol. The van der Waals surface area contributed by atoms with Gasteiger partial charge in [-0.3, -0.25) is 4.79 Å². The summed E-state index contributed by atoms with van der Waals surface area (Å²) in [6.07, 6.45) is 9.47. The molecule has 3 nitrogen and oxygen atoms in total. The quantitative estimate of drug-likeness (QED) is 0.791. The van der Waals surface area contributed by atoms with Crippen LogP contribution in [0.4, 0.5) is 0 Å². The van der Waals surface area contributed by atoms with Crippen molar-refractivity contribution >= 4 is 5.91 Å². The van der Waals surface area contributed by atoms with E-state index in [9.17, 15) is 4.79 Å². The summed E-state index contributed by atoms with van der Waals surface area (Å²) < 4.78 is 0. The monoisotopic (exact) mass is 264 g/mol. The lowest BCUT2D eigenvalue weighted by molar-refractivity contribution is -0.142. The van der Waals surface area contributed by atoms with Crippen LogP contribution in [0.3, 0.4) is 0 Å². The largest absolute Gasteiger partial charge is 0.342 e. The second-order valence-corrected chi connectivity index (χ2v) is 7.42. The normalized spacial score (nSPS) is 38.0. The molecule has 0 aromatic heterocycles. The Bertz CT molecular complexity index is 349. The summed E-state index contributed by atoms with van der Waals surface area (Å²) in [5, 5.41) is 0. The molecule has 1 unspecified atom stereocenters. The highest BCUT2D eigenvalue weighted by Gasteiger charge is 2.44. The number of amides is 1. The number of nitrogens with zero attached hydrogens (tertiary/aromatic N) is 1. The highest BCUT2D eigenvalue weighted by atomic mass is 16.2. The highest BCUT2D eigenvalue weighted by molar-refractivity contribution is 5.82. The van der Waals surface area contributed by atoms with Crippen LogP contribution in [0.2, 0.25) is 0 Å². The minimum atomic E-state index is -0.0616. The molecule has 108 valence electrons. The second kappa shape index (κ2) is 5.08. The van der Waals surface area contributed by atoms with E-state index in [1.807, 2.05) is 0 Å². The fourth-order valence-corrected chi connectivity index (χ4v) is 4.56. The zero-order valence-electron chi connectivity index (χ0n) is 12.2. The van der Waals surface area contributed by atoms with Crippen molar-refractivity contribution in [3.63, 3.8) is 0 Å². The highest BCUT2D eigenvalue weighted by Crippen LogP contribution is 2.41. The summed E-state index contributed by atoms with van der Waals surface area (Å²) in [6.45, 7) is 4.18. The van der Waals surface area contributed by atoms with E-state index in [1.54, 1.807) is 0 Å². The van der Waals surface area contributed by atoms with Crippen molar-refractivity contribution in [2.75, 3.05) is 13.1 Å². The SMILES string of the molecule is CC1(C(=O)N2C[C@H]3CCC(N)C[C@H]3C2)CCCCC1. The fourth-order valence-electron chi connectivity index (χ4n) is 4.56. The van der Waals surface area contributed by atoms with E-state index >= 15 is 0 Å². The third-order valence-electron chi connectivity index (χ3n) is 5.85. The van der Waals surface area contributed by atoms with Gasteiger partial charge >= 0.3 is 0 Å². The summed E-state index contributed by atoms with van der Waals surface area (Å²) in [6, 6.07) is 0.376. The van der Waals surface area contributed by atoms with Gasteiger partial charge in [-0.05, 0) is 43.9 Å². The third-order valence-corrected chi connectivity index (χ3v) is 5.85. The number of nitrogens with two attached hydrogens (primary N) is 1. The van der Waals surface area contributed by atoms with Gasteiger partial charge in [-0.2, -0.15) is 0 Å². The van der Waals surface area contributed by atoms with Crippen LogP contribution in [0.5, 0.6) is 0 Å². The van der Waals surface area contributed by atoms with Crippen molar-refractivity contribution in [3.8, 4) is 0 Å². The van der Waals surface area contributed by atoms with Gasteiger partial charge in [0.1, 0.15) is 0 Å². The Labute approximate surface area is 116 Å². The van der Waals surface area contributed by atoms with Gasteiger partial charge in [-0.25, -0.2) is 0 Å². The van der Waals surface area contributed by atoms with Crippen LogP contribution in [0.1, 0.15) is 58.3 Å². The Morgan fingerprint density at radius 2 is 1.79 bits per heavy atom. The average Bonchev–Trinajstić information content (AvgIpc) is 2.81. The molecule has 0 radical (unpaired) electrons. The molecule has 1 aliphatic heterocycles. The number of rotatable bonds is 1. The molecule has 2 saturated carbocycles. The molecule has 3 atom stereocenters. The fraction of sp³-hybridized carbons (Fsp3) is 0.938. The summed E-state index contributed by atoms with van der Waals surface area (Å²) in [7, 11) is 0. The number of carbonyl (C=O) groups is 1. The van der Waals surface area contributed by atoms with Gasteiger partial charge in [0.2, 0.25) is 5.91 Å². The van der Waals surface area contributed by atoms with E-state index < -0.39 is 0 Å². The van der Waals surface area contributed by atoms with Gasteiger partial charge in [0, 0.05) is 24.5 Å². The van der Waals surface area contributed by atoms with E-state index in [0.29, 0.717) is 17.9 Å². The Hall–Kier alpha value is -0.570. The molecule has 0 bridgehead atoms. The zero-order chi connectivity index (χ0) is 13.5. The van der Waals surface area contributed by atoms with Crippen molar-refractivity contribution in [1.82, 2.24) is 4.90 Å². The first kappa shape index (κ1) is 13.4. The first-order valence-corrected chi connectivity index (χ1v) is 8.13. The second-order valence-electron chi connectivity index (χ2n) is 7.42. The minimum absolute atomic E-state index is 0.0616. The lowest BCUT2D eigenvalue weighted by Crippen LogP contribution is -2.42. The van der Waals surface area contributed by atoms with Gasteiger partial charge < -0.3 is 10.6 Å². The molecule has 3 aliphatic rings. The molecule has 2 aliphatic carbocycles. The number of hydrogen-bond donors (Lipinski definition) is 1. The molecule has 0 spiro atoms. The van der Waals surface area contributed by atoms with Crippen molar-refractivity contribution in [3.05, 3.63) is 0 Å². The van der Waals surface area contributed by atoms with Crippen LogP contribution < -0.4 is 5.73 Å². The maximum Gasteiger partial charge on any atom is 0.228 e. The number of carbonyl (C=O) groups excluding carboxylic acids is 1. The topological polar surface area (TPSA) is 46.3 Å². The molecule has 0 aromatic carbocycles. The predicted octanol–water partition coefficient (Wildman–Crippen LogP) is 2.54. The van der Waals surface area contributed by atoms with E-state index in [2.05, 4.69) is 11.8 Å². The van der Waals surface area contributed by atoms with Crippen LogP contribution in [0.25, 0.3) is 0 Å². The molecule has 3 fully saturated rings. The number of likely N-dealkylation sites (tertiary alicyclic amines) is 1. The molecule has 0 aromatic rings. The number of fused-ring (bicyclic) bond motifs is 1. The molecular weight excluding hydrogens is 236 g/mol. The molecule has 1 saturated heterocycles. The maximum absolute atomic E-state index is 12.8. The minimum Gasteiger partial charge on any atom is -0.342 e. The van der Waals surface area contributed by atoms with Crippen LogP contribution in [-0.2, 0) is 4.79 Å². The van der Waals surface area contributed by atoms with Crippen molar-refractivity contribution in [2.24, 2.45) is 23.0 Å². The van der Waals surface area contributed by atoms with E-state index in [-0.39, 0.29) is 5.41 Å². The van der Waals surface area contributed by atoms with Crippen molar-refractivity contribution in [1.29, 1.82) is 0 Å². The lowest BCUT2D eigenvalue weighted by Gasteiger charge is -2.35. The van der Waals surface area contributed by atoms with Gasteiger partial charge in [0.25, 0.3) is 0 Å². The van der Waals surface area contributed by atoms with Gasteiger partial charge in [-0.15, -0.1) is 0 Å². The molecule has 19 heavy (non-hydrogen) atoms. The smallest absolute Gasteiger partial charge is 0.228 e. The summed E-state index contributed by atoms with van der Waals surface area (Å²) in [5.41, 5.74) is 6.02. The van der Waals surface area contributed by atoms with Crippen LogP contribution in [-0.4, -0.2) is 29.9 Å². The number of hydrogen-bond acceptors (Lipinski definition) is 2. The van der Waals surface area contributed by atoms with E-state index in [0.717, 1.165) is 44.7 Å². The Morgan fingerprint density at radius 3 is 2.53 bits per heavy atom. The van der Waals surface area contributed by atoms with E-state index in [4.69, 9.17) is 5.73 Å². The Morgan fingerprint density at radius 1 is 1.11 bits per heavy atom. The standard InChI is InChI=1S/C16H28N2O/c1-16(7-3-2-4-8-16)15(19)18-10-12-5-6-14(17)9-13(12)11-18/h12-14H,2-11,17H2,1H3/t12-,13+,14?/m1/s1. The summed E-state index contributed by atoms with van der Waals surface area (Å²) in [4.78, 5) is 15.0. The van der Waals surface area contributed by atoms with Gasteiger partial charge in [0.15, 0.2) is 0 Å². The van der Waals surface area contributed by atoms with Crippen molar-refractivity contribution < 1.29 is 4.79 Å². The molecule has 1 amide bonds. The summed E-state index contributed by atoms with van der Waals surface area (Å²) >= 11 is 0. The zero-order valence-corrected chi connectivity index (χ0v) is 12.2. The third kappa shape index (κ3) is 2.54. The summed E-state index contributed by atoms with van der Waals surface area (Å²) in [5.74, 6) is 1.85. The van der Waals surface area contributed by atoms with Crippen molar-refractivity contribution in [2.45, 2.75) is 64.3 Å². The molecular formula is C16H28N2O. The molecule has 1 heterocycles. The van der Waals surface area contributed by atoms with Gasteiger partial charge in [0.05, 0.1) is 0 Å². The van der Waals surface area contributed by atoms with Crippen LogP contribution in [0, 0.1) is 17.3 Å². The Kier molecular flexibility index (Phi) is 3.59. The lowest BCUT2D eigenvalue weighted by atomic mass is 9.74. The van der Waals surface area contributed by atoms with E-state index in [1.165, 1.54) is 25.7 Å². The first-order chi connectivity index (χ1) is 9.08. The Balaban J connectivity index is 1.65. The van der Waals surface area contributed by atoms with Gasteiger partial charge in [-0.1, -0.05) is 26.2 Å². The van der Waals surface area contributed by atoms with Crippen LogP contribution >= 0.6 is 0 Å².